The number of aryl methyl sites for hydroxylation is 1. The number of ether oxygens (including phenoxy) is 1. The second-order valence-electron chi connectivity index (χ2n) is 4.95. The second kappa shape index (κ2) is 7.96. The number of hydrogen-bond donors (Lipinski definition) is 2. The van der Waals surface area contributed by atoms with Crippen LogP contribution in [0.15, 0.2) is 46.9 Å². The fraction of sp³-hybridized carbons (Fsp3) is 0.176. The van der Waals surface area contributed by atoms with Crippen LogP contribution in [0.5, 0.6) is 5.75 Å². The number of hydrogen-bond acceptors (Lipinski definition) is 4. The smallest absolute Gasteiger partial charge is 0.279 e. The van der Waals surface area contributed by atoms with E-state index < -0.39 is 23.7 Å². The molecule has 0 aliphatic heterocycles. The molecular weight excluding hydrogens is 315 g/mol. The molecule has 0 radical (unpaired) electrons. The molecular formula is C17H17FN2O4. The summed E-state index contributed by atoms with van der Waals surface area (Å²) < 4.78 is 23.9. The quantitative estimate of drug-likeness (QED) is 0.651. The summed E-state index contributed by atoms with van der Waals surface area (Å²) in [4.78, 5) is 23.4. The van der Waals surface area contributed by atoms with E-state index in [2.05, 4.69) is 10.9 Å². The third-order valence-corrected chi connectivity index (χ3v) is 2.98. The monoisotopic (exact) mass is 332 g/mol. The third-order valence-electron chi connectivity index (χ3n) is 2.98. The fourth-order valence-electron chi connectivity index (χ4n) is 1.75. The van der Waals surface area contributed by atoms with Crippen molar-refractivity contribution in [1.82, 2.24) is 10.9 Å². The number of benzene rings is 1. The highest BCUT2D eigenvalue weighted by atomic mass is 19.1. The predicted molar refractivity (Wildman–Crippen MR) is 85.3 cm³/mol. The number of rotatable bonds is 5. The van der Waals surface area contributed by atoms with E-state index in [-0.39, 0.29) is 5.75 Å². The van der Waals surface area contributed by atoms with Crippen molar-refractivity contribution in [1.29, 1.82) is 0 Å². The number of nitrogens with one attached hydrogen (secondary N) is 2. The lowest BCUT2D eigenvalue weighted by molar-refractivity contribution is -0.131. The van der Waals surface area contributed by atoms with Crippen LogP contribution < -0.4 is 15.6 Å². The van der Waals surface area contributed by atoms with Crippen molar-refractivity contribution >= 4 is 17.9 Å². The molecule has 2 aromatic rings. The maximum atomic E-state index is 13.4. The van der Waals surface area contributed by atoms with E-state index in [1.807, 2.05) is 0 Å². The molecule has 2 amide bonds. The van der Waals surface area contributed by atoms with Gasteiger partial charge in [0.25, 0.3) is 11.8 Å². The molecule has 2 N–H and O–H groups in total. The van der Waals surface area contributed by atoms with Crippen molar-refractivity contribution < 1.29 is 23.1 Å². The molecule has 1 atom stereocenters. The van der Waals surface area contributed by atoms with Crippen LogP contribution in [0, 0.1) is 12.7 Å². The molecule has 0 saturated carbocycles. The van der Waals surface area contributed by atoms with Crippen molar-refractivity contribution in [2.45, 2.75) is 20.0 Å². The lowest BCUT2D eigenvalue weighted by Crippen LogP contribution is -2.46. The summed E-state index contributed by atoms with van der Waals surface area (Å²) in [5.41, 5.74) is 4.40. The summed E-state index contributed by atoms with van der Waals surface area (Å²) >= 11 is 0. The lowest BCUT2D eigenvalue weighted by Gasteiger charge is -2.15. The summed E-state index contributed by atoms with van der Waals surface area (Å²) in [5.74, 6) is -0.533. The van der Waals surface area contributed by atoms with Gasteiger partial charge in [0.15, 0.2) is 17.7 Å². The Morgan fingerprint density at radius 2 is 1.96 bits per heavy atom. The van der Waals surface area contributed by atoms with Crippen LogP contribution in [0.3, 0.4) is 0 Å². The highest BCUT2D eigenvalue weighted by Crippen LogP contribution is 2.16. The van der Waals surface area contributed by atoms with Crippen molar-refractivity contribution in [2.75, 3.05) is 0 Å². The topological polar surface area (TPSA) is 80.6 Å². The maximum absolute atomic E-state index is 13.4. The molecule has 0 spiro atoms. The summed E-state index contributed by atoms with van der Waals surface area (Å²) in [6.45, 7) is 3.23. The Labute approximate surface area is 138 Å². The van der Waals surface area contributed by atoms with E-state index in [4.69, 9.17) is 9.15 Å². The minimum Gasteiger partial charge on any atom is -0.478 e. The van der Waals surface area contributed by atoms with Crippen LogP contribution in [0.25, 0.3) is 6.08 Å². The summed E-state index contributed by atoms with van der Waals surface area (Å²) in [5, 5.41) is 0. The molecule has 0 aliphatic rings. The molecule has 0 aliphatic carbocycles. The molecule has 126 valence electrons. The van der Waals surface area contributed by atoms with Gasteiger partial charge >= 0.3 is 0 Å². The Bertz CT molecular complexity index is 755. The van der Waals surface area contributed by atoms with E-state index in [0.717, 1.165) is 5.76 Å². The Morgan fingerprint density at radius 1 is 1.21 bits per heavy atom. The van der Waals surface area contributed by atoms with E-state index in [1.165, 1.54) is 37.3 Å². The van der Waals surface area contributed by atoms with Gasteiger partial charge in [0.2, 0.25) is 0 Å². The summed E-state index contributed by atoms with van der Waals surface area (Å²) in [6, 6.07) is 9.21. The van der Waals surface area contributed by atoms with Crippen molar-refractivity contribution in [3.05, 3.63) is 59.8 Å². The number of halogens is 1. The Morgan fingerprint density at radius 3 is 2.62 bits per heavy atom. The van der Waals surface area contributed by atoms with Crippen LogP contribution in [-0.4, -0.2) is 17.9 Å². The minimum absolute atomic E-state index is 0.0421. The first-order valence-electron chi connectivity index (χ1n) is 7.21. The number of para-hydroxylation sites is 1. The van der Waals surface area contributed by atoms with Crippen LogP contribution in [0.4, 0.5) is 4.39 Å². The van der Waals surface area contributed by atoms with Crippen LogP contribution in [0.2, 0.25) is 0 Å². The van der Waals surface area contributed by atoms with E-state index in [0.29, 0.717) is 5.76 Å². The van der Waals surface area contributed by atoms with E-state index >= 15 is 0 Å². The standard InChI is InChI=1S/C17H17FN2O4/c1-11-7-8-13(23-11)9-10-16(21)19-20-17(22)12(2)24-15-6-4-3-5-14(15)18/h3-10,12H,1-2H3,(H,19,21)(H,20,22)/b10-9+. The number of hydrazine groups is 1. The fourth-order valence-corrected chi connectivity index (χ4v) is 1.75. The Hall–Kier alpha value is -3.09. The molecule has 6 nitrogen and oxygen atoms in total. The van der Waals surface area contributed by atoms with E-state index in [1.54, 1.807) is 25.1 Å². The largest absolute Gasteiger partial charge is 0.478 e. The number of furan rings is 1. The number of amides is 2. The predicted octanol–water partition coefficient (Wildman–Crippen LogP) is 2.36. The zero-order valence-corrected chi connectivity index (χ0v) is 13.2. The van der Waals surface area contributed by atoms with Crippen molar-refractivity contribution in [3.8, 4) is 5.75 Å². The molecule has 0 bridgehead atoms. The average Bonchev–Trinajstić information content (AvgIpc) is 2.98. The molecule has 0 saturated heterocycles. The summed E-state index contributed by atoms with van der Waals surface area (Å²) in [6.07, 6.45) is 1.69. The lowest BCUT2D eigenvalue weighted by atomic mass is 10.3. The van der Waals surface area contributed by atoms with Gasteiger partial charge in [0.05, 0.1) is 0 Å². The van der Waals surface area contributed by atoms with Crippen molar-refractivity contribution in [2.24, 2.45) is 0 Å². The average molecular weight is 332 g/mol. The zero-order valence-electron chi connectivity index (χ0n) is 13.2. The summed E-state index contributed by atoms with van der Waals surface area (Å²) in [7, 11) is 0. The number of carbonyl (C=O) groups is 2. The SMILES string of the molecule is Cc1ccc(/C=C/C(=O)NNC(=O)C(C)Oc2ccccc2F)o1. The van der Waals surface area contributed by atoms with Gasteiger partial charge in [-0.05, 0) is 44.2 Å². The van der Waals surface area contributed by atoms with Crippen LogP contribution >= 0.6 is 0 Å². The van der Waals surface area contributed by atoms with E-state index in [9.17, 15) is 14.0 Å². The third kappa shape index (κ3) is 4.98. The first-order chi connectivity index (χ1) is 11.5. The van der Waals surface area contributed by atoms with Crippen molar-refractivity contribution in [3.63, 3.8) is 0 Å². The van der Waals surface area contributed by atoms with Gasteiger partial charge in [-0.25, -0.2) is 4.39 Å². The molecule has 0 fully saturated rings. The molecule has 2 rings (SSSR count). The molecule has 1 aromatic heterocycles. The van der Waals surface area contributed by atoms with Gasteiger partial charge in [-0.2, -0.15) is 0 Å². The molecule has 1 aromatic carbocycles. The molecule has 24 heavy (non-hydrogen) atoms. The molecule has 1 heterocycles. The Kier molecular flexibility index (Phi) is 5.73. The number of carbonyl (C=O) groups excluding carboxylic acids is 2. The highest BCUT2D eigenvalue weighted by Gasteiger charge is 2.16. The molecule has 7 heteroatoms. The maximum Gasteiger partial charge on any atom is 0.279 e. The van der Waals surface area contributed by atoms with Gasteiger partial charge in [0.1, 0.15) is 11.5 Å². The Balaban J connectivity index is 1.80. The van der Waals surface area contributed by atoms with Crippen LogP contribution in [0.1, 0.15) is 18.4 Å². The van der Waals surface area contributed by atoms with Gasteiger partial charge in [-0.1, -0.05) is 12.1 Å². The van der Waals surface area contributed by atoms with Gasteiger partial charge < -0.3 is 9.15 Å². The first kappa shape index (κ1) is 17.3. The van der Waals surface area contributed by atoms with Gasteiger partial charge in [-0.3, -0.25) is 20.4 Å². The first-order valence-corrected chi connectivity index (χ1v) is 7.21. The zero-order chi connectivity index (χ0) is 17.5. The molecule has 1 unspecified atom stereocenters. The van der Waals surface area contributed by atoms with Crippen LogP contribution in [-0.2, 0) is 9.59 Å². The normalized spacial score (nSPS) is 12.0. The van der Waals surface area contributed by atoms with Gasteiger partial charge in [-0.15, -0.1) is 0 Å². The second-order valence-corrected chi connectivity index (χ2v) is 4.95. The van der Waals surface area contributed by atoms with Gasteiger partial charge in [0, 0.05) is 6.08 Å². The highest BCUT2D eigenvalue weighted by molar-refractivity contribution is 5.93. The minimum atomic E-state index is -0.987.